The van der Waals surface area contributed by atoms with Crippen molar-refractivity contribution < 1.29 is 0 Å². The fraction of sp³-hybridized carbons (Fsp3) is 0.222. The van der Waals surface area contributed by atoms with Crippen LogP contribution in [0.4, 0.5) is 0 Å². The lowest BCUT2D eigenvalue weighted by molar-refractivity contribution is 1.11. The molecule has 56 valence electrons. The van der Waals surface area contributed by atoms with E-state index < -0.39 is 0 Å². The summed E-state index contributed by atoms with van der Waals surface area (Å²) in [5.74, 6) is 0. The van der Waals surface area contributed by atoms with Gasteiger partial charge in [-0.05, 0) is 22.8 Å². The average Bonchev–Trinajstić information content (AvgIpc) is 2.50. The molecule has 2 rings (SSSR count). The Bertz CT molecular complexity index is 304. The molecular formula is C9H8BrN. The van der Waals surface area contributed by atoms with Gasteiger partial charge in [-0.25, -0.2) is 0 Å². The van der Waals surface area contributed by atoms with Crippen molar-refractivity contribution in [3.05, 3.63) is 34.9 Å². The van der Waals surface area contributed by atoms with Crippen LogP contribution in [0, 0.1) is 0 Å². The lowest BCUT2D eigenvalue weighted by atomic mass is 10.1. The van der Waals surface area contributed by atoms with Gasteiger partial charge < -0.3 is 0 Å². The predicted molar refractivity (Wildman–Crippen MR) is 50.4 cm³/mol. The molecule has 0 aliphatic carbocycles. The average molecular weight is 210 g/mol. The number of aliphatic imine (C=N–C) groups is 1. The van der Waals surface area contributed by atoms with Crippen molar-refractivity contribution in [3.8, 4) is 0 Å². The Hall–Kier alpha value is -0.630. The lowest BCUT2D eigenvalue weighted by Gasteiger charge is -1.98. The number of alkyl halides is 1. The molecule has 1 aromatic rings. The Balaban J connectivity index is 2.47. The summed E-state index contributed by atoms with van der Waals surface area (Å²) < 4.78 is 0. The molecular weight excluding hydrogens is 202 g/mol. The van der Waals surface area contributed by atoms with E-state index in [9.17, 15) is 0 Å². The quantitative estimate of drug-likeness (QED) is 0.631. The maximum absolute atomic E-state index is 4.19. The SMILES string of the molecule is BrCc1ccc2c(c1)C=NC2. The summed E-state index contributed by atoms with van der Waals surface area (Å²) in [7, 11) is 0. The smallest absolute Gasteiger partial charge is 0.0646 e. The maximum atomic E-state index is 4.19. The van der Waals surface area contributed by atoms with E-state index in [-0.39, 0.29) is 0 Å². The highest BCUT2D eigenvalue weighted by Gasteiger charge is 2.04. The lowest BCUT2D eigenvalue weighted by Crippen LogP contribution is -1.85. The van der Waals surface area contributed by atoms with E-state index in [4.69, 9.17) is 0 Å². The highest BCUT2D eigenvalue weighted by atomic mass is 79.9. The van der Waals surface area contributed by atoms with Crippen molar-refractivity contribution in [3.63, 3.8) is 0 Å². The molecule has 0 fully saturated rings. The van der Waals surface area contributed by atoms with Crippen molar-refractivity contribution in [2.24, 2.45) is 4.99 Å². The summed E-state index contributed by atoms with van der Waals surface area (Å²) in [4.78, 5) is 4.19. The first-order valence-electron chi connectivity index (χ1n) is 3.58. The molecule has 0 amide bonds. The molecule has 0 atom stereocenters. The van der Waals surface area contributed by atoms with Crippen LogP contribution in [-0.4, -0.2) is 6.21 Å². The third kappa shape index (κ3) is 1.23. The molecule has 1 nitrogen and oxygen atoms in total. The third-order valence-corrected chi connectivity index (χ3v) is 2.50. The van der Waals surface area contributed by atoms with Crippen LogP contribution in [0.3, 0.4) is 0 Å². The first-order valence-corrected chi connectivity index (χ1v) is 4.70. The Morgan fingerprint density at radius 1 is 1.45 bits per heavy atom. The van der Waals surface area contributed by atoms with Gasteiger partial charge in [0, 0.05) is 11.5 Å². The first kappa shape index (κ1) is 7.04. The van der Waals surface area contributed by atoms with Gasteiger partial charge >= 0.3 is 0 Å². The van der Waals surface area contributed by atoms with Gasteiger partial charge in [0.15, 0.2) is 0 Å². The van der Waals surface area contributed by atoms with Gasteiger partial charge in [0.25, 0.3) is 0 Å². The molecule has 0 saturated heterocycles. The second kappa shape index (κ2) is 2.78. The number of rotatable bonds is 1. The molecule has 2 heteroatoms. The number of benzene rings is 1. The number of hydrogen-bond donors (Lipinski definition) is 0. The van der Waals surface area contributed by atoms with Crippen LogP contribution in [0.1, 0.15) is 16.7 Å². The maximum Gasteiger partial charge on any atom is 0.0646 e. The van der Waals surface area contributed by atoms with Gasteiger partial charge in [0.1, 0.15) is 0 Å². The third-order valence-electron chi connectivity index (χ3n) is 1.86. The fourth-order valence-corrected chi connectivity index (χ4v) is 1.58. The van der Waals surface area contributed by atoms with Crippen LogP contribution in [-0.2, 0) is 11.9 Å². The molecule has 0 spiro atoms. The Kier molecular flexibility index (Phi) is 1.78. The van der Waals surface area contributed by atoms with Crippen molar-refractivity contribution >= 4 is 22.1 Å². The van der Waals surface area contributed by atoms with Crippen LogP contribution in [0.5, 0.6) is 0 Å². The molecule has 0 saturated carbocycles. The molecule has 1 aliphatic rings. The van der Waals surface area contributed by atoms with Crippen molar-refractivity contribution in [1.82, 2.24) is 0 Å². The zero-order valence-corrected chi connectivity index (χ0v) is 7.63. The minimum Gasteiger partial charge on any atom is -0.288 e. The van der Waals surface area contributed by atoms with Crippen LogP contribution >= 0.6 is 15.9 Å². The Morgan fingerprint density at radius 2 is 2.36 bits per heavy atom. The monoisotopic (exact) mass is 209 g/mol. The molecule has 1 aliphatic heterocycles. The minimum atomic E-state index is 0.859. The van der Waals surface area contributed by atoms with Gasteiger partial charge in [-0.3, -0.25) is 4.99 Å². The zero-order valence-electron chi connectivity index (χ0n) is 6.05. The normalized spacial score (nSPS) is 13.5. The highest BCUT2D eigenvalue weighted by molar-refractivity contribution is 9.08. The van der Waals surface area contributed by atoms with Gasteiger partial charge in [-0.1, -0.05) is 28.1 Å². The van der Waals surface area contributed by atoms with E-state index in [1.165, 1.54) is 16.7 Å². The number of nitrogens with zero attached hydrogens (tertiary/aromatic N) is 1. The summed E-state index contributed by atoms with van der Waals surface area (Å²) >= 11 is 3.42. The van der Waals surface area contributed by atoms with Crippen LogP contribution in [0.2, 0.25) is 0 Å². The topological polar surface area (TPSA) is 12.4 Å². The summed E-state index contributed by atoms with van der Waals surface area (Å²) in [6.07, 6.45) is 1.95. The van der Waals surface area contributed by atoms with Crippen molar-refractivity contribution in [2.75, 3.05) is 0 Å². The highest BCUT2D eigenvalue weighted by Crippen LogP contribution is 2.17. The van der Waals surface area contributed by atoms with E-state index in [1.54, 1.807) is 0 Å². The Labute approximate surface area is 74.3 Å². The summed E-state index contributed by atoms with van der Waals surface area (Å²) in [6, 6.07) is 6.47. The van der Waals surface area contributed by atoms with Gasteiger partial charge in [-0.15, -0.1) is 0 Å². The number of halogens is 1. The standard InChI is InChI=1S/C9H8BrN/c10-4-7-1-2-8-5-11-6-9(8)3-7/h1-3,6H,4-5H2. The Morgan fingerprint density at radius 3 is 3.18 bits per heavy atom. The first-order chi connectivity index (χ1) is 5.40. The summed E-state index contributed by atoms with van der Waals surface area (Å²) in [5.41, 5.74) is 3.94. The molecule has 0 aromatic heterocycles. The zero-order chi connectivity index (χ0) is 7.68. The predicted octanol–water partition coefficient (Wildman–Crippen LogP) is 2.51. The van der Waals surface area contributed by atoms with E-state index >= 15 is 0 Å². The van der Waals surface area contributed by atoms with Crippen molar-refractivity contribution in [1.29, 1.82) is 0 Å². The molecule has 0 N–H and O–H groups in total. The van der Waals surface area contributed by atoms with Crippen LogP contribution < -0.4 is 0 Å². The van der Waals surface area contributed by atoms with Gasteiger partial charge in [0.05, 0.1) is 6.54 Å². The largest absolute Gasteiger partial charge is 0.288 e. The number of hydrogen-bond acceptors (Lipinski definition) is 1. The van der Waals surface area contributed by atoms with Crippen LogP contribution in [0.15, 0.2) is 23.2 Å². The molecule has 11 heavy (non-hydrogen) atoms. The number of fused-ring (bicyclic) bond motifs is 1. The van der Waals surface area contributed by atoms with E-state index in [0.717, 1.165) is 11.9 Å². The summed E-state index contributed by atoms with van der Waals surface area (Å²) in [6.45, 7) is 0.859. The van der Waals surface area contributed by atoms with E-state index in [0.29, 0.717) is 0 Å². The molecule has 1 aromatic carbocycles. The summed E-state index contributed by atoms with van der Waals surface area (Å²) in [5, 5.41) is 0.925. The second-order valence-electron chi connectivity index (χ2n) is 2.64. The fourth-order valence-electron chi connectivity index (χ4n) is 1.23. The van der Waals surface area contributed by atoms with Gasteiger partial charge in [0.2, 0.25) is 0 Å². The second-order valence-corrected chi connectivity index (χ2v) is 3.20. The van der Waals surface area contributed by atoms with Crippen LogP contribution in [0.25, 0.3) is 0 Å². The molecule has 0 radical (unpaired) electrons. The molecule has 1 heterocycles. The van der Waals surface area contributed by atoms with Gasteiger partial charge in [-0.2, -0.15) is 0 Å². The van der Waals surface area contributed by atoms with E-state index in [1.807, 2.05) is 6.21 Å². The molecule has 0 bridgehead atoms. The molecule has 0 unspecified atom stereocenters. The minimum absolute atomic E-state index is 0.859. The van der Waals surface area contributed by atoms with E-state index in [2.05, 4.69) is 39.1 Å². The van der Waals surface area contributed by atoms with Crippen molar-refractivity contribution in [2.45, 2.75) is 11.9 Å².